The number of ether oxygens (including phenoxy) is 1. The number of carboxylic acids is 2. The molecule has 0 amide bonds. The van der Waals surface area contributed by atoms with Gasteiger partial charge in [-0.25, -0.2) is 18.4 Å². The molecule has 3 N–H and O–H groups in total. The van der Waals surface area contributed by atoms with E-state index in [1.807, 2.05) is 30.3 Å². The Balaban J connectivity index is 0.000000531. The van der Waals surface area contributed by atoms with Crippen LogP contribution in [-0.2, 0) is 20.7 Å². The molecule has 3 aromatic carbocycles. The Labute approximate surface area is 244 Å². The van der Waals surface area contributed by atoms with Crippen molar-refractivity contribution < 1.29 is 38.4 Å². The third-order valence-electron chi connectivity index (χ3n) is 6.65. The highest BCUT2D eigenvalue weighted by Crippen LogP contribution is 2.26. The van der Waals surface area contributed by atoms with E-state index in [4.69, 9.17) is 14.9 Å². The van der Waals surface area contributed by atoms with Crippen molar-refractivity contribution in [1.82, 2.24) is 9.80 Å². The first-order chi connectivity index (χ1) is 20.2. The van der Waals surface area contributed by atoms with E-state index < -0.39 is 11.9 Å². The van der Waals surface area contributed by atoms with Gasteiger partial charge in [0.1, 0.15) is 17.7 Å². The van der Waals surface area contributed by atoms with Crippen molar-refractivity contribution >= 4 is 11.9 Å². The highest BCUT2D eigenvalue weighted by atomic mass is 19.1. The molecule has 42 heavy (non-hydrogen) atoms. The molecule has 0 aromatic heterocycles. The van der Waals surface area contributed by atoms with Gasteiger partial charge in [0.25, 0.3) is 0 Å². The van der Waals surface area contributed by atoms with Crippen molar-refractivity contribution in [3.05, 3.63) is 119 Å². The predicted octanol–water partition coefficient (Wildman–Crippen LogP) is 4.00. The molecule has 1 atom stereocenters. The van der Waals surface area contributed by atoms with Crippen molar-refractivity contribution in [2.24, 2.45) is 0 Å². The zero-order valence-corrected chi connectivity index (χ0v) is 23.2. The Kier molecular flexibility index (Phi) is 13.3. The number of benzene rings is 3. The maximum absolute atomic E-state index is 13.4. The van der Waals surface area contributed by atoms with Crippen LogP contribution in [0, 0.1) is 11.6 Å². The maximum atomic E-state index is 13.4. The monoisotopic (exact) mass is 582 g/mol. The van der Waals surface area contributed by atoms with Crippen molar-refractivity contribution in [1.29, 1.82) is 0 Å². The van der Waals surface area contributed by atoms with E-state index in [1.54, 1.807) is 24.3 Å². The van der Waals surface area contributed by atoms with Crippen molar-refractivity contribution in [2.45, 2.75) is 18.6 Å². The summed E-state index contributed by atoms with van der Waals surface area (Å²) in [6, 6.07) is 22.6. The fourth-order valence-corrected chi connectivity index (χ4v) is 4.55. The number of hydrogen-bond donors (Lipinski definition) is 3. The number of carboxylic acid groups (broad SMARTS) is 2. The number of β-amino-alcohol motifs (C(OH)–C–C–N with tert-alkyl or cyclic N) is 1. The third-order valence-corrected chi connectivity index (χ3v) is 6.65. The summed E-state index contributed by atoms with van der Waals surface area (Å²) >= 11 is 0. The summed E-state index contributed by atoms with van der Waals surface area (Å²) in [5.74, 6) is -3.11. The molecule has 0 saturated carbocycles. The number of piperazine rings is 1. The third kappa shape index (κ3) is 11.9. The maximum Gasteiger partial charge on any atom is 0.328 e. The molecule has 3 aromatic rings. The Morgan fingerprint density at radius 2 is 1.24 bits per heavy atom. The summed E-state index contributed by atoms with van der Waals surface area (Å²) in [4.78, 5) is 23.8. The Morgan fingerprint density at radius 3 is 1.71 bits per heavy atom. The first-order valence-corrected chi connectivity index (χ1v) is 13.6. The highest BCUT2D eigenvalue weighted by molar-refractivity contribution is 5.89. The average molecular weight is 583 g/mol. The van der Waals surface area contributed by atoms with Crippen LogP contribution in [0.25, 0.3) is 0 Å². The molecule has 1 aliphatic heterocycles. The van der Waals surface area contributed by atoms with Crippen LogP contribution in [0.15, 0.2) is 91.0 Å². The lowest BCUT2D eigenvalue weighted by Crippen LogP contribution is -2.49. The first-order valence-electron chi connectivity index (χ1n) is 13.6. The number of aliphatic carboxylic acids is 2. The predicted molar refractivity (Wildman–Crippen MR) is 154 cm³/mol. The SMILES string of the molecule is O=C(O)/C=C/C(=O)O.O[C@@H](Cc1ccccc1)CN1CCN(CCOC(c2ccc(F)cc2)c2ccc(F)cc2)CC1. The second-order valence-electron chi connectivity index (χ2n) is 9.85. The summed E-state index contributed by atoms with van der Waals surface area (Å²) in [6.45, 7) is 5.61. The van der Waals surface area contributed by atoms with Crippen molar-refractivity contribution in [2.75, 3.05) is 45.9 Å². The van der Waals surface area contributed by atoms with Crippen LogP contribution >= 0.6 is 0 Å². The first kappa shape index (κ1) is 32.6. The Morgan fingerprint density at radius 1 is 0.762 bits per heavy atom. The number of aliphatic hydroxyl groups is 1. The van der Waals surface area contributed by atoms with Gasteiger partial charge in [-0.3, -0.25) is 9.80 Å². The van der Waals surface area contributed by atoms with Crippen LogP contribution < -0.4 is 0 Å². The number of carbonyl (C=O) groups is 2. The van der Waals surface area contributed by atoms with Gasteiger partial charge in [0, 0.05) is 51.4 Å². The lowest BCUT2D eigenvalue weighted by molar-refractivity contribution is -0.134. The summed E-state index contributed by atoms with van der Waals surface area (Å²) in [5, 5.41) is 26.1. The van der Waals surface area contributed by atoms with Crippen molar-refractivity contribution in [3.8, 4) is 0 Å². The van der Waals surface area contributed by atoms with Gasteiger partial charge >= 0.3 is 11.9 Å². The molecule has 8 nitrogen and oxygen atoms in total. The minimum absolute atomic E-state index is 0.298. The van der Waals surface area contributed by atoms with Crippen molar-refractivity contribution in [3.63, 3.8) is 0 Å². The van der Waals surface area contributed by atoms with Crippen LogP contribution in [0.1, 0.15) is 22.8 Å². The van der Waals surface area contributed by atoms with Crippen LogP contribution in [0.3, 0.4) is 0 Å². The molecule has 0 unspecified atom stereocenters. The van der Waals surface area contributed by atoms with E-state index in [0.717, 1.165) is 49.4 Å². The minimum Gasteiger partial charge on any atom is -0.478 e. The highest BCUT2D eigenvalue weighted by Gasteiger charge is 2.21. The molecule has 1 heterocycles. The van der Waals surface area contributed by atoms with Crippen LogP contribution in [0.2, 0.25) is 0 Å². The van der Waals surface area contributed by atoms with Crippen LogP contribution in [-0.4, -0.2) is 89.0 Å². The molecule has 1 fully saturated rings. The molecule has 0 bridgehead atoms. The van der Waals surface area contributed by atoms with E-state index in [9.17, 15) is 23.5 Å². The summed E-state index contributed by atoms with van der Waals surface area (Å²) in [6.07, 6.45) is 1.04. The minimum atomic E-state index is -1.26. The number of rotatable bonds is 12. The van der Waals surface area contributed by atoms with Gasteiger partial charge in [0.15, 0.2) is 0 Å². The van der Waals surface area contributed by atoms with E-state index >= 15 is 0 Å². The Bertz CT molecular complexity index is 1200. The molecular weight excluding hydrogens is 546 g/mol. The fraction of sp³-hybridized carbons (Fsp3) is 0.312. The number of halogens is 2. The summed E-state index contributed by atoms with van der Waals surface area (Å²) in [7, 11) is 0. The Hall–Kier alpha value is -3.96. The van der Waals surface area contributed by atoms with E-state index in [-0.39, 0.29) is 23.8 Å². The van der Waals surface area contributed by atoms with Gasteiger partial charge in [-0.05, 0) is 47.4 Å². The zero-order chi connectivity index (χ0) is 30.3. The summed E-state index contributed by atoms with van der Waals surface area (Å²) in [5.41, 5.74) is 2.83. The van der Waals surface area contributed by atoms with Gasteiger partial charge in [-0.15, -0.1) is 0 Å². The lowest BCUT2D eigenvalue weighted by atomic mass is 10.0. The second-order valence-corrected chi connectivity index (χ2v) is 9.85. The molecule has 224 valence electrons. The molecule has 10 heteroatoms. The smallest absolute Gasteiger partial charge is 0.328 e. The molecule has 1 saturated heterocycles. The summed E-state index contributed by atoms with van der Waals surface area (Å²) < 4.78 is 33.0. The van der Waals surface area contributed by atoms with Gasteiger partial charge < -0.3 is 20.1 Å². The normalized spacial score (nSPS) is 14.9. The van der Waals surface area contributed by atoms with Gasteiger partial charge in [0.05, 0.1) is 12.7 Å². The average Bonchev–Trinajstić information content (AvgIpc) is 2.97. The molecule has 4 rings (SSSR count). The molecule has 0 aliphatic carbocycles. The van der Waals surface area contributed by atoms with Gasteiger partial charge in [0.2, 0.25) is 0 Å². The molecular formula is C32H36F2N2O6. The molecule has 0 spiro atoms. The largest absolute Gasteiger partial charge is 0.478 e. The fourth-order valence-electron chi connectivity index (χ4n) is 4.55. The number of aliphatic hydroxyl groups excluding tert-OH is 1. The van der Waals surface area contributed by atoms with E-state index in [0.29, 0.717) is 31.7 Å². The molecule has 1 aliphatic rings. The quantitative estimate of drug-likeness (QED) is 0.275. The van der Waals surface area contributed by atoms with Crippen LogP contribution in [0.5, 0.6) is 0 Å². The second kappa shape index (κ2) is 17.1. The van der Waals surface area contributed by atoms with E-state index in [1.165, 1.54) is 24.3 Å². The number of hydrogen-bond acceptors (Lipinski definition) is 6. The van der Waals surface area contributed by atoms with Gasteiger partial charge in [-0.1, -0.05) is 54.6 Å². The van der Waals surface area contributed by atoms with Gasteiger partial charge in [-0.2, -0.15) is 0 Å². The lowest BCUT2D eigenvalue weighted by Gasteiger charge is -2.35. The molecule has 0 radical (unpaired) electrons. The van der Waals surface area contributed by atoms with E-state index in [2.05, 4.69) is 9.80 Å². The zero-order valence-electron chi connectivity index (χ0n) is 23.2. The van der Waals surface area contributed by atoms with Crippen LogP contribution in [0.4, 0.5) is 8.78 Å². The standard InChI is InChI=1S/C28H32F2N2O2.C4H4O4/c29-25-10-6-23(7-11-25)28(24-8-12-26(30)13-9-24)34-19-18-31-14-16-32(17-15-31)21-27(33)20-22-4-2-1-3-5-22;5-3(6)1-2-4(7)8/h1-13,27-28,33H,14-21H2;1-2H,(H,5,6)(H,7,8)/b;2-1+/t27-;/m0./s1. The topological polar surface area (TPSA) is 111 Å². The number of nitrogens with zero attached hydrogens (tertiary/aromatic N) is 2.